The summed E-state index contributed by atoms with van der Waals surface area (Å²) < 4.78 is 10.5. The van der Waals surface area contributed by atoms with Crippen molar-refractivity contribution in [2.45, 2.75) is 13.1 Å². The van der Waals surface area contributed by atoms with Gasteiger partial charge in [0.05, 0.1) is 25.5 Å². The number of benzene rings is 2. The lowest BCUT2D eigenvalue weighted by Crippen LogP contribution is -2.23. The third-order valence-electron chi connectivity index (χ3n) is 4.29. The van der Waals surface area contributed by atoms with E-state index in [1.54, 1.807) is 32.7 Å². The number of amides is 1. The largest absolute Gasteiger partial charge is 0.497 e. The van der Waals surface area contributed by atoms with E-state index in [-0.39, 0.29) is 5.91 Å². The Morgan fingerprint density at radius 1 is 0.964 bits per heavy atom. The Hall–Kier alpha value is -3.54. The van der Waals surface area contributed by atoms with Gasteiger partial charge in [-0.1, -0.05) is 30.3 Å². The molecule has 144 valence electrons. The zero-order valence-electron chi connectivity index (χ0n) is 15.9. The van der Waals surface area contributed by atoms with Crippen LogP contribution in [0.25, 0.3) is 0 Å². The summed E-state index contributed by atoms with van der Waals surface area (Å²) in [6.45, 7) is 1.00. The van der Waals surface area contributed by atoms with Gasteiger partial charge in [0.1, 0.15) is 11.5 Å². The molecule has 2 aromatic carbocycles. The van der Waals surface area contributed by atoms with Gasteiger partial charge in [0.25, 0.3) is 5.91 Å². The zero-order chi connectivity index (χ0) is 19.8. The van der Waals surface area contributed by atoms with E-state index in [2.05, 4.69) is 15.6 Å². The van der Waals surface area contributed by atoms with E-state index in [1.165, 1.54) is 0 Å². The quantitative estimate of drug-likeness (QED) is 0.627. The van der Waals surface area contributed by atoms with Crippen molar-refractivity contribution in [3.63, 3.8) is 0 Å². The van der Waals surface area contributed by atoms with Crippen molar-refractivity contribution >= 4 is 11.6 Å². The van der Waals surface area contributed by atoms with Gasteiger partial charge in [0.2, 0.25) is 0 Å². The molecule has 1 amide bonds. The number of para-hydroxylation sites is 1. The molecule has 0 aliphatic carbocycles. The molecule has 0 spiro atoms. The first-order chi connectivity index (χ1) is 13.7. The first kappa shape index (κ1) is 19.2. The molecular weight excluding hydrogens is 354 g/mol. The molecule has 0 saturated heterocycles. The predicted molar refractivity (Wildman–Crippen MR) is 109 cm³/mol. The highest BCUT2D eigenvalue weighted by atomic mass is 16.5. The molecule has 0 unspecified atom stereocenters. The summed E-state index contributed by atoms with van der Waals surface area (Å²) in [4.78, 5) is 16.6. The highest BCUT2D eigenvalue weighted by molar-refractivity contribution is 5.94. The van der Waals surface area contributed by atoms with Gasteiger partial charge in [-0.25, -0.2) is 0 Å². The van der Waals surface area contributed by atoms with Gasteiger partial charge in [-0.15, -0.1) is 0 Å². The van der Waals surface area contributed by atoms with E-state index in [1.807, 2.05) is 48.5 Å². The summed E-state index contributed by atoms with van der Waals surface area (Å²) in [6, 6.07) is 17.2. The molecular formula is C22H23N3O3. The van der Waals surface area contributed by atoms with E-state index in [4.69, 9.17) is 9.47 Å². The summed E-state index contributed by atoms with van der Waals surface area (Å²) in [5.74, 6) is 1.38. The molecule has 0 aliphatic rings. The molecule has 28 heavy (non-hydrogen) atoms. The van der Waals surface area contributed by atoms with Crippen LogP contribution >= 0.6 is 0 Å². The third kappa shape index (κ3) is 5.01. The Bertz CT molecular complexity index is 926. The highest BCUT2D eigenvalue weighted by Crippen LogP contribution is 2.17. The zero-order valence-corrected chi connectivity index (χ0v) is 15.9. The van der Waals surface area contributed by atoms with Crippen LogP contribution in [0.15, 0.2) is 67.0 Å². The molecule has 0 aliphatic heterocycles. The standard InChI is InChI=1S/C22H23N3O3/c1-27-20-9-7-16(8-10-20)12-24-19-11-18(13-23-15-19)22(26)25-14-17-5-3-4-6-21(17)28-2/h3-11,13,15,24H,12,14H2,1-2H3,(H,25,26). The summed E-state index contributed by atoms with van der Waals surface area (Å²) in [7, 11) is 3.26. The van der Waals surface area contributed by atoms with Crippen LogP contribution in [0.4, 0.5) is 5.69 Å². The molecule has 1 heterocycles. The number of nitrogens with one attached hydrogen (secondary N) is 2. The molecule has 0 fully saturated rings. The minimum atomic E-state index is -0.188. The fraction of sp³-hybridized carbons (Fsp3) is 0.182. The van der Waals surface area contributed by atoms with Crippen molar-refractivity contribution in [3.05, 3.63) is 83.7 Å². The Morgan fingerprint density at radius 2 is 1.75 bits per heavy atom. The maximum Gasteiger partial charge on any atom is 0.253 e. The van der Waals surface area contributed by atoms with Crippen LogP contribution in [0, 0.1) is 0 Å². The van der Waals surface area contributed by atoms with Crippen LogP contribution in [0.1, 0.15) is 21.5 Å². The number of carbonyl (C=O) groups excluding carboxylic acids is 1. The summed E-state index contributed by atoms with van der Waals surface area (Å²) in [5.41, 5.74) is 3.29. The number of hydrogen-bond donors (Lipinski definition) is 2. The van der Waals surface area contributed by atoms with Crippen LogP contribution in [0.3, 0.4) is 0 Å². The van der Waals surface area contributed by atoms with Crippen molar-refractivity contribution in [3.8, 4) is 11.5 Å². The fourth-order valence-electron chi connectivity index (χ4n) is 2.73. The normalized spacial score (nSPS) is 10.2. The maximum absolute atomic E-state index is 12.5. The topological polar surface area (TPSA) is 72.5 Å². The number of ether oxygens (including phenoxy) is 2. The number of rotatable bonds is 8. The Balaban J connectivity index is 1.59. The monoisotopic (exact) mass is 377 g/mol. The van der Waals surface area contributed by atoms with Gasteiger partial charge in [0.15, 0.2) is 0 Å². The SMILES string of the molecule is COc1ccc(CNc2cncc(C(=O)NCc3ccccc3OC)c2)cc1. The first-order valence-electron chi connectivity index (χ1n) is 8.91. The van der Waals surface area contributed by atoms with Crippen LogP contribution in [-0.2, 0) is 13.1 Å². The summed E-state index contributed by atoms with van der Waals surface area (Å²) in [6.07, 6.45) is 3.25. The number of hydrogen-bond acceptors (Lipinski definition) is 5. The van der Waals surface area contributed by atoms with Gasteiger partial charge >= 0.3 is 0 Å². The second-order valence-electron chi connectivity index (χ2n) is 6.16. The molecule has 1 aromatic heterocycles. The van der Waals surface area contributed by atoms with E-state index >= 15 is 0 Å². The lowest BCUT2D eigenvalue weighted by atomic mass is 10.2. The second kappa shape index (κ2) is 9.41. The highest BCUT2D eigenvalue weighted by Gasteiger charge is 2.09. The predicted octanol–water partition coefficient (Wildman–Crippen LogP) is 3.64. The summed E-state index contributed by atoms with van der Waals surface area (Å²) in [5, 5.41) is 6.19. The van der Waals surface area contributed by atoms with Gasteiger partial charge < -0.3 is 20.1 Å². The third-order valence-corrected chi connectivity index (χ3v) is 4.29. The van der Waals surface area contributed by atoms with Crippen molar-refractivity contribution in [2.24, 2.45) is 0 Å². The number of methoxy groups -OCH3 is 2. The molecule has 3 aromatic rings. The molecule has 6 heteroatoms. The summed E-state index contributed by atoms with van der Waals surface area (Å²) >= 11 is 0. The van der Waals surface area contributed by atoms with Gasteiger partial charge in [0, 0.05) is 31.0 Å². The van der Waals surface area contributed by atoms with E-state index < -0.39 is 0 Å². The Morgan fingerprint density at radius 3 is 2.50 bits per heavy atom. The molecule has 0 bridgehead atoms. The maximum atomic E-state index is 12.5. The average Bonchev–Trinajstić information content (AvgIpc) is 2.76. The van der Waals surface area contributed by atoms with Gasteiger partial charge in [-0.3, -0.25) is 9.78 Å². The smallest absolute Gasteiger partial charge is 0.253 e. The van der Waals surface area contributed by atoms with E-state index in [0.29, 0.717) is 18.7 Å². The molecule has 3 rings (SSSR count). The van der Waals surface area contributed by atoms with Crippen LogP contribution in [0.5, 0.6) is 11.5 Å². The number of aromatic nitrogens is 1. The Labute approximate surface area is 164 Å². The molecule has 6 nitrogen and oxygen atoms in total. The van der Waals surface area contributed by atoms with Crippen molar-refractivity contribution in [1.82, 2.24) is 10.3 Å². The number of nitrogens with zero attached hydrogens (tertiary/aromatic N) is 1. The molecule has 0 radical (unpaired) electrons. The molecule has 0 saturated carbocycles. The fourth-order valence-corrected chi connectivity index (χ4v) is 2.73. The molecule has 2 N–H and O–H groups in total. The molecule has 0 atom stereocenters. The number of carbonyl (C=O) groups is 1. The van der Waals surface area contributed by atoms with Crippen molar-refractivity contribution < 1.29 is 14.3 Å². The van der Waals surface area contributed by atoms with E-state index in [9.17, 15) is 4.79 Å². The van der Waals surface area contributed by atoms with Crippen LogP contribution in [-0.4, -0.2) is 25.1 Å². The minimum Gasteiger partial charge on any atom is -0.497 e. The van der Waals surface area contributed by atoms with Crippen molar-refractivity contribution in [1.29, 1.82) is 0 Å². The van der Waals surface area contributed by atoms with Crippen LogP contribution in [0.2, 0.25) is 0 Å². The average molecular weight is 377 g/mol. The van der Waals surface area contributed by atoms with Gasteiger partial charge in [-0.2, -0.15) is 0 Å². The minimum absolute atomic E-state index is 0.188. The second-order valence-corrected chi connectivity index (χ2v) is 6.16. The van der Waals surface area contributed by atoms with Crippen LogP contribution < -0.4 is 20.1 Å². The first-order valence-corrected chi connectivity index (χ1v) is 8.91. The lowest BCUT2D eigenvalue weighted by Gasteiger charge is -2.11. The number of anilines is 1. The number of pyridine rings is 1. The van der Waals surface area contributed by atoms with E-state index in [0.717, 1.165) is 28.3 Å². The lowest BCUT2D eigenvalue weighted by molar-refractivity contribution is 0.0950. The van der Waals surface area contributed by atoms with Gasteiger partial charge in [-0.05, 0) is 29.8 Å². The van der Waals surface area contributed by atoms with Crippen molar-refractivity contribution in [2.75, 3.05) is 19.5 Å². The Kier molecular flexibility index (Phi) is 6.46.